The van der Waals surface area contributed by atoms with E-state index in [1.54, 1.807) is 20.8 Å². The number of aliphatic hydroxyl groups excluding tert-OH is 1. The Hall–Kier alpha value is -1.30. The number of rotatable bonds is 2. The van der Waals surface area contributed by atoms with Crippen LogP contribution in [0.1, 0.15) is 46.5 Å². The van der Waals surface area contributed by atoms with Gasteiger partial charge < -0.3 is 14.9 Å². The highest BCUT2D eigenvalue weighted by Crippen LogP contribution is 2.29. The average molecular weight is 273 g/mol. The number of carbonyl (C=O) groups excluding carboxylic acids is 1. The summed E-state index contributed by atoms with van der Waals surface area (Å²) in [6, 6.07) is 0. The molecule has 1 amide bonds. The Balaban J connectivity index is 3.03. The van der Waals surface area contributed by atoms with Crippen LogP contribution in [0.5, 0.6) is 0 Å². The Morgan fingerprint density at radius 3 is 2.37 bits per heavy atom. The van der Waals surface area contributed by atoms with Crippen LogP contribution in [-0.4, -0.2) is 51.5 Å². The lowest BCUT2D eigenvalue weighted by Crippen LogP contribution is -2.60. The second-order valence-corrected chi connectivity index (χ2v) is 5.94. The Morgan fingerprint density at radius 2 is 1.89 bits per heavy atom. The van der Waals surface area contributed by atoms with Gasteiger partial charge in [0.2, 0.25) is 0 Å². The van der Waals surface area contributed by atoms with Crippen LogP contribution in [-0.2, 0) is 9.53 Å². The zero-order chi connectivity index (χ0) is 14.7. The maximum Gasteiger partial charge on any atom is 0.411 e. The first-order valence-electron chi connectivity index (χ1n) is 6.58. The molecule has 0 aliphatic carbocycles. The van der Waals surface area contributed by atoms with Crippen LogP contribution < -0.4 is 0 Å². The van der Waals surface area contributed by atoms with Crippen molar-refractivity contribution < 1.29 is 24.5 Å². The number of carboxylic acid groups (broad SMARTS) is 1. The number of hydrogen-bond donors (Lipinski definition) is 2. The van der Waals surface area contributed by atoms with Gasteiger partial charge in [-0.15, -0.1) is 0 Å². The van der Waals surface area contributed by atoms with Crippen molar-refractivity contribution in [3.63, 3.8) is 0 Å². The lowest BCUT2D eigenvalue weighted by molar-refractivity contribution is -0.154. The van der Waals surface area contributed by atoms with Gasteiger partial charge in [0.05, 0.1) is 6.61 Å². The molecule has 19 heavy (non-hydrogen) atoms. The highest BCUT2D eigenvalue weighted by atomic mass is 16.6. The van der Waals surface area contributed by atoms with E-state index in [9.17, 15) is 19.8 Å². The highest BCUT2D eigenvalue weighted by Gasteiger charge is 2.48. The number of carboxylic acids is 1. The number of nitrogens with zero attached hydrogens (tertiary/aromatic N) is 1. The highest BCUT2D eigenvalue weighted by molar-refractivity contribution is 5.84. The summed E-state index contributed by atoms with van der Waals surface area (Å²) in [5, 5.41) is 18.9. The number of aliphatic hydroxyl groups is 1. The van der Waals surface area contributed by atoms with Crippen molar-refractivity contribution in [2.24, 2.45) is 0 Å². The van der Waals surface area contributed by atoms with Crippen LogP contribution >= 0.6 is 0 Å². The molecule has 1 unspecified atom stereocenters. The summed E-state index contributed by atoms with van der Waals surface area (Å²) in [6.07, 6.45) is 1.80. The fourth-order valence-electron chi connectivity index (χ4n) is 2.25. The fraction of sp³-hybridized carbons (Fsp3) is 0.846. The Bertz CT molecular complexity index is 349. The van der Waals surface area contributed by atoms with Gasteiger partial charge in [-0.3, -0.25) is 4.90 Å². The molecule has 1 fully saturated rings. The average Bonchev–Trinajstić information content (AvgIpc) is 2.49. The van der Waals surface area contributed by atoms with Gasteiger partial charge in [0, 0.05) is 6.54 Å². The van der Waals surface area contributed by atoms with Gasteiger partial charge in [0.1, 0.15) is 5.60 Å². The van der Waals surface area contributed by atoms with E-state index < -0.39 is 29.8 Å². The molecular weight excluding hydrogens is 250 g/mol. The van der Waals surface area contributed by atoms with E-state index >= 15 is 0 Å². The van der Waals surface area contributed by atoms with Crippen LogP contribution in [0.3, 0.4) is 0 Å². The van der Waals surface area contributed by atoms with E-state index in [1.165, 1.54) is 4.90 Å². The van der Waals surface area contributed by atoms with Crippen molar-refractivity contribution in [2.75, 3.05) is 13.2 Å². The summed E-state index contributed by atoms with van der Waals surface area (Å²) in [5.41, 5.74) is -2.25. The Labute approximate surface area is 113 Å². The molecule has 0 bridgehead atoms. The summed E-state index contributed by atoms with van der Waals surface area (Å²) >= 11 is 0. The predicted octanol–water partition coefficient (Wildman–Crippen LogP) is 1.61. The van der Waals surface area contributed by atoms with Gasteiger partial charge in [-0.1, -0.05) is 12.8 Å². The lowest BCUT2D eigenvalue weighted by atomic mass is 9.93. The number of aliphatic carboxylic acids is 1. The molecule has 6 nitrogen and oxygen atoms in total. The third-order valence-corrected chi connectivity index (χ3v) is 3.26. The molecule has 0 spiro atoms. The number of likely N-dealkylation sites (tertiary alicyclic amines) is 1. The van der Waals surface area contributed by atoms with E-state index in [0.717, 1.165) is 6.42 Å². The molecule has 0 saturated carbocycles. The van der Waals surface area contributed by atoms with Crippen molar-refractivity contribution in [2.45, 2.75) is 57.6 Å². The zero-order valence-corrected chi connectivity index (χ0v) is 11.8. The predicted molar refractivity (Wildman–Crippen MR) is 68.9 cm³/mol. The van der Waals surface area contributed by atoms with E-state index in [-0.39, 0.29) is 6.42 Å². The second-order valence-electron chi connectivity index (χ2n) is 5.94. The van der Waals surface area contributed by atoms with Gasteiger partial charge in [0.25, 0.3) is 0 Å². The minimum atomic E-state index is -1.56. The molecule has 0 aromatic heterocycles. The molecule has 1 aliphatic heterocycles. The van der Waals surface area contributed by atoms with Crippen LogP contribution in [0, 0.1) is 0 Å². The van der Waals surface area contributed by atoms with Crippen LogP contribution in [0.25, 0.3) is 0 Å². The van der Waals surface area contributed by atoms with Crippen LogP contribution in [0.15, 0.2) is 0 Å². The molecule has 0 radical (unpaired) electrons. The van der Waals surface area contributed by atoms with E-state index in [0.29, 0.717) is 19.4 Å². The molecule has 1 heterocycles. The van der Waals surface area contributed by atoms with Crippen molar-refractivity contribution in [1.82, 2.24) is 4.90 Å². The number of amides is 1. The summed E-state index contributed by atoms with van der Waals surface area (Å²) in [4.78, 5) is 24.9. The third-order valence-electron chi connectivity index (χ3n) is 3.26. The molecule has 1 saturated heterocycles. The Kier molecular flexibility index (Phi) is 4.79. The van der Waals surface area contributed by atoms with Gasteiger partial charge in [-0.25, -0.2) is 9.59 Å². The Morgan fingerprint density at radius 1 is 1.26 bits per heavy atom. The third kappa shape index (κ3) is 3.59. The first kappa shape index (κ1) is 15.8. The van der Waals surface area contributed by atoms with E-state index in [1.807, 2.05) is 0 Å². The molecule has 110 valence electrons. The monoisotopic (exact) mass is 273 g/mol. The zero-order valence-electron chi connectivity index (χ0n) is 11.8. The normalized spacial score (nSPS) is 24.7. The van der Waals surface area contributed by atoms with Gasteiger partial charge >= 0.3 is 12.1 Å². The van der Waals surface area contributed by atoms with Crippen LogP contribution in [0.2, 0.25) is 0 Å². The van der Waals surface area contributed by atoms with E-state index in [2.05, 4.69) is 0 Å². The van der Waals surface area contributed by atoms with E-state index in [4.69, 9.17) is 4.74 Å². The first-order chi connectivity index (χ1) is 8.73. The molecular formula is C13H23NO5. The van der Waals surface area contributed by atoms with Gasteiger partial charge in [-0.05, 0) is 33.6 Å². The summed E-state index contributed by atoms with van der Waals surface area (Å²) in [6.45, 7) is 4.88. The standard InChI is InChI=1S/C13H23NO5/c1-12(2,3)19-11(18)14-8-6-4-5-7-13(14,9-15)10(16)17/h15H,4-9H2,1-3H3,(H,16,17). The minimum Gasteiger partial charge on any atom is -0.479 e. The van der Waals surface area contributed by atoms with Crippen molar-refractivity contribution >= 4 is 12.1 Å². The smallest absolute Gasteiger partial charge is 0.411 e. The molecule has 6 heteroatoms. The first-order valence-corrected chi connectivity index (χ1v) is 6.58. The molecule has 2 N–H and O–H groups in total. The molecule has 1 aliphatic rings. The van der Waals surface area contributed by atoms with Crippen LogP contribution in [0.4, 0.5) is 4.79 Å². The number of hydrogen-bond acceptors (Lipinski definition) is 4. The molecule has 0 aromatic rings. The topological polar surface area (TPSA) is 87.1 Å². The van der Waals surface area contributed by atoms with Crippen molar-refractivity contribution in [3.05, 3.63) is 0 Å². The molecule has 0 aromatic carbocycles. The second kappa shape index (κ2) is 5.77. The van der Waals surface area contributed by atoms with Crippen molar-refractivity contribution in [3.8, 4) is 0 Å². The largest absolute Gasteiger partial charge is 0.479 e. The fourth-order valence-corrected chi connectivity index (χ4v) is 2.25. The maximum atomic E-state index is 12.2. The lowest BCUT2D eigenvalue weighted by Gasteiger charge is -2.38. The molecule has 1 atom stereocenters. The van der Waals surface area contributed by atoms with Gasteiger partial charge in [-0.2, -0.15) is 0 Å². The summed E-state index contributed by atoms with van der Waals surface area (Å²) in [7, 11) is 0. The SMILES string of the molecule is CC(C)(C)OC(=O)N1CCCCCC1(CO)C(=O)O. The minimum absolute atomic E-state index is 0.248. The number of ether oxygens (including phenoxy) is 1. The summed E-state index contributed by atoms with van der Waals surface area (Å²) < 4.78 is 5.25. The summed E-state index contributed by atoms with van der Waals surface area (Å²) in [5.74, 6) is -1.18. The van der Waals surface area contributed by atoms with Gasteiger partial charge in [0.15, 0.2) is 5.54 Å². The van der Waals surface area contributed by atoms with Crippen molar-refractivity contribution in [1.29, 1.82) is 0 Å². The quantitative estimate of drug-likeness (QED) is 0.798. The molecule has 1 rings (SSSR count). The maximum absolute atomic E-state index is 12.2. The number of carbonyl (C=O) groups is 2.